The molecule has 0 aromatic heterocycles. The van der Waals surface area contributed by atoms with Crippen LogP contribution in [0, 0.1) is 17.6 Å². The lowest BCUT2D eigenvalue weighted by Gasteiger charge is -2.10. The first-order valence-electron chi connectivity index (χ1n) is 4.93. The number of halogens is 2. The Balaban J connectivity index is 2.16. The fourth-order valence-electron chi connectivity index (χ4n) is 1.35. The van der Waals surface area contributed by atoms with Crippen LogP contribution in [0.15, 0.2) is 12.1 Å². The van der Waals surface area contributed by atoms with E-state index in [0.29, 0.717) is 12.5 Å². The van der Waals surface area contributed by atoms with Crippen LogP contribution in [0.4, 0.5) is 8.78 Å². The molecule has 1 aromatic carbocycles. The van der Waals surface area contributed by atoms with E-state index in [9.17, 15) is 8.78 Å². The zero-order chi connectivity index (χ0) is 10.8. The molecule has 82 valence electrons. The van der Waals surface area contributed by atoms with E-state index in [4.69, 9.17) is 9.84 Å². The zero-order valence-corrected chi connectivity index (χ0v) is 8.17. The summed E-state index contributed by atoms with van der Waals surface area (Å²) in [6.07, 6.45) is 2.25. The van der Waals surface area contributed by atoms with E-state index in [2.05, 4.69) is 0 Å². The fourth-order valence-corrected chi connectivity index (χ4v) is 1.35. The summed E-state index contributed by atoms with van der Waals surface area (Å²) in [6.45, 7) is -0.0400. The van der Waals surface area contributed by atoms with Gasteiger partial charge in [0.25, 0.3) is 0 Å². The van der Waals surface area contributed by atoms with E-state index in [1.165, 1.54) is 6.07 Å². The number of aliphatic hydroxyl groups is 1. The first-order valence-corrected chi connectivity index (χ1v) is 4.93. The molecule has 0 atom stereocenters. The molecular weight excluding hydrogens is 202 g/mol. The maximum absolute atomic E-state index is 13.2. The molecule has 0 amide bonds. The second kappa shape index (κ2) is 4.14. The summed E-state index contributed by atoms with van der Waals surface area (Å²) < 4.78 is 31.3. The average Bonchev–Trinajstić information content (AvgIpc) is 3.03. The van der Waals surface area contributed by atoms with E-state index in [1.54, 1.807) is 0 Å². The summed E-state index contributed by atoms with van der Waals surface area (Å²) in [4.78, 5) is 0. The molecule has 0 saturated heterocycles. The highest BCUT2D eigenvalue weighted by molar-refractivity contribution is 5.34. The molecule has 0 spiro atoms. The lowest BCUT2D eigenvalue weighted by atomic mass is 10.2. The molecule has 1 fully saturated rings. The second-order valence-corrected chi connectivity index (χ2v) is 3.75. The fraction of sp³-hybridized carbons (Fsp3) is 0.455. The van der Waals surface area contributed by atoms with Crippen molar-refractivity contribution in [1.82, 2.24) is 0 Å². The molecule has 0 radical (unpaired) electrons. The van der Waals surface area contributed by atoms with Gasteiger partial charge in [-0.1, -0.05) is 0 Å². The molecule has 0 bridgehead atoms. The minimum atomic E-state index is -1.02. The predicted octanol–water partition coefficient (Wildman–Crippen LogP) is 2.25. The Morgan fingerprint density at radius 3 is 2.67 bits per heavy atom. The normalized spacial score (nSPS) is 15.4. The Bertz CT molecular complexity index is 362. The maximum Gasteiger partial charge on any atom is 0.168 e. The van der Waals surface area contributed by atoms with Crippen LogP contribution in [0.3, 0.4) is 0 Å². The van der Waals surface area contributed by atoms with Gasteiger partial charge >= 0.3 is 0 Å². The van der Waals surface area contributed by atoms with Gasteiger partial charge in [-0.05, 0) is 30.9 Å². The van der Waals surface area contributed by atoms with Crippen molar-refractivity contribution in [1.29, 1.82) is 0 Å². The van der Waals surface area contributed by atoms with Crippen LogP contribution in [0.5, 0.6) is 5.75 Å². The Kier molecular flexibility index (Phi) is 2.86. The van der Waals surface area contributed by atoms with Crippen molar-refractivity contribution in [2.75, 3.05) is 6.61 Å². The van der Waals surface area contributed by atoms with Crippen LogP contribution in [0.2, 0.25) is 0 Å². The van der Waals surface area contributed by atoms with Crippen LogP contribution >= 0.6 is 0 Å². The lowest BCUT2D eigenvalue weighted by molar-refractivity contribution is 0.249. The summed E-state index contributed by atoms with van der Waals surface area (Å²) in [5.41, 5.74) is -0.101. The number of rotatable bonds is 4. The Labute approximate surface area is 86.5 Å². The van der Waals surface area contributed by atoms with Crippen LogP contribution in [-0.2, 0) is 6.61 Å². The third-order valence-corrected chi connectivity index (χ3v) is 2.48. The quantitative estimate of drug-likeness (QED) is 0.832. The zero-order valence-electron chi connectivity index (χ0n) is 8.17. The largest absolute Gasteiger partial charge is 0.493 e. The van der Waals surface area contributed by atoms with E-state index < -0.39 is 18.2 Å². The number of ether oxygens (including phenoxy) is 1. The van der Waals surface area contributed by atoms with Crippen molar-refractivity contribution in [2.45, 2.75) is 19.4 Å². The summed E-state index contributed by atoms with van der Waals surface area (Å²) in [7, 11) is 0. The molecule has 1 aliphatic rings. The van der Waals surface area contributed by atoms with Crippen LogP contribution in [0.1, 0.15) is 18.4 Å². The minimum absolute atomic E-state index is 0.101. The van der Waals surface area contributed by atoms with Crippen molar-refractivity contribution < 1.29 is 18.6 Å². The van der Waals surface area contributed by atoms with Gasteiger partial charge in [0.15, 0.2) is 11.6 Å². The first-order chi connectivity index (χ1) is 7.22. The minimum Gasteiger partial charge on any atom is -0.493 e. The Hall–Kier alpha value is -1.16. The van der Waals surface area contributed by atoms with Crippen molar-refractivity contribution >= 4 is 0 Å². The topological polar surface area (TPSA) is 29.5 Å². The maximum atomic E-state index is 13.2. The van der Waals surface area contributed by atoms with Gasteiger partial charge in [0, 0.05) is 0 Å². The summed E-state index contributed by atoms with van der Waals surface area (Å²) in [6, 6.07) is 2.36. The van der Waals surface area contributed by atoms with Gasteiger partial charge in [0.1, 0.15) is 5.75 Å². The highest BCUT2D eigenvalue weighted by Gasteiger charge is 2.23. The molecule has 0 heterocycles. The highest BCUT2D eigenvalue weighted by atomic mass is 19.2. The SMILES string of the molecule is OCc1c(OCC2CC2)ccc(F)c1F. The molecule has 0 unspecified atom stereocenters. The standard InChI is InChI=1S/C11H12F2O2/c12-9-3-4-10(8(5-14)11(9)13)15-6-7-1-2-7/h3-4,7,14H,1-2,5-6H2. The van der Waals surface area contributed by atoms with Crippen molar-refractivity contribution in [2.24, 2.45) is 5.92 Å². The summed E-state index contributed by atoms with van der Waals surface area (Å²) in [5, 5.41) is 8.92. The van der Waals surface area contributed by atoms with Gasteiger partial charge in [-0.15, -0.1) is 0 Å². The van der Waals surface area contributed by atoms with Crippen molar-refractivity contribution in [3.8, 4) is 5.75 Å². The second-order valence-electron chi connectivity index (χ2n) is 3.75. The molecular formula is C11H12F2O2. The molecule has 15 heavy (non-hydrogen) atoms. The molecule has 1 aromatic rings. The molecule has 0 aliphatic heterocycles. The Morgan fingerprint density at radius 1 is 1.33 bits per heavy atom. The van der Waals surface area contributed by atoms with Crippen molar-refractivity contribution in [3.05, 3.63) is 29.3 Å². The number of hydrogen-bond acceptors (Lipinski definition) is 2. The average molecular weight is 214 g/mol. The molecule has 2 nitrogen and oxygen atoms in total. The molecule has 4 heteroatoms. The summed E-state index contributed by atoms with van der Waals surface area (Å²) >= 11 is 0. The summed E-state index contributed by atoms with van der Waals surface area (Å²) in [5.74, 6) is -1.21. The highest BCUT2D eigenvalue weighted by Crippen LogP contribution is 2.31. The van der Waals surface area contributed by atoms with E-state index in [1.807, 2.05) is 0 Å². The van der Waals surface area contributed by atoms with Gasteiger partial charge in [0.2, 0.25) is 0 Å². The van der Waals surface area contributed by atoms with E-state index in [-0.39, 0.29) is 11.3 Å². The first kappa shape index (κ1) is 10.4. The monoisotopic (exact) mass is 214 g/mol. The molecule has 2 rings (SSSR count). The Morgan fingerprint density at radius 2 is 2.07 bits per heavy atom. The molecule has 1 N–H and O–H groups in total. The lowest BCUT2D eigenvalue weighted by Crippen LogP contribution is -2.04. The smallest absolute Gasteiger partial charge is 0.168 e. The number of hydrogen-bond donors (Lipinski definition) is 1. The van der Waals surface area contributed by atoms with Gasteiger partial charge in [0.05, 0.1) is 18.8 Å². The van der Waals surface area contributed by atoms with Crippen LogP contribution in [-0.4, -0.2) is 11.7 Å². The third kappa shape index (κ3) is 2.26. The van der Waals surface area contributed by atoms with Crippen molar-refractivity contribution in [3.63, 3.8) is 0 Å². The number of aliphatic hydroxyl groups excluding tert-OH is 1. The van der Waals surface area contributed by atoms with E-state index >= 15 is 0 Å². The molecule has 1 saturated carbocycles. The molecule has 1 aliphatic carbocycles. The van der Waals surface area contributed by atoms with E-state index in [0.717, 1.165) is 18.9 Å². The predicted molar refractivity (Wildman–Crippen MR) is 50.5 cm³/mol. The third-order valence-electron chi connectivity index (χ3n) is 2.48. The van der Waals surface area contributed by atoms with Gasteiger partial charge < -0.3 is 9.84 Å². The number of benzene rings is 1. The van der Waals surface area contributed by atoms with Crippen LogP contribution in [0.25, 0.3) is 0 Å². The van der Waals surface area contributed by atoms with Gasteiger partial charge in [-0.3, -0.25) is 0 Å². The van der Waals surface area contributed by atoms with Gasteiger partial charge in [-0.2, -0.15) is 0 Å². The van der Waals surface area contributed by atoms with Crippen LogP contribution < -0.4 is 4.74 Å². The van der Waals surface area contributed by atoms with Gasteiger partial charge in [-0.25, -0.2) is 8.78 Å².